The second kappa shape index (κ2) is 8.07. The van der Waals surface area contributed by atoms with Crippen LogP contribution in [0.4, 0.5) is 5.69 Å². The van der Waals surface area contributed by atoms with Crippen LogP contribution < -0.4 is 19.5 Å². The Bertz CT molecular complexity index is 1280. The zero-order chi connectivity index (χ0) is 22.1. The summed E-state index contributed by atoms with van der Waals surface area (Å²) in [5.74, 6) is 1.78. The molecule has 4 aromatic rings. The number of rotatable bonds is 5. The maximum atomic E-state index is 12.5. The molecule has 0 saturated heterocycles. The molecule has 0 fully saturated rings. The lowest BCUT2D eigenvalue weighted by molar-refractivity contribution is 0.102. The molecule has 0 bridgehead atoms. The smallest absolute Gasteiger partial charge is 0.336 e. The molecule has 0 saturated carbocycles. The quantitative estimate of drug-likeness (QED) is 0.512. The van der Waals surface area contributed by atoms with E-state index in [1.54, 1.807) is 16.8 Å². The molecule has 1 N–H and O–H groups in total. The monoisotopic (exact) mass is 428 g/mol. The van der Waals surface area contributed by atoms with Crippen molar-refractivity contribution < 1.29 is 19.0 Å². The minimum atomic E-state index is -0.166. The third-order valence-electron chi connectivity index (χ3n) is 5.08. The van der Waals surface area contributed by atoms with Crippen molar-refractivity contribution in [2.24, 2.45) is 0 Å². The summed E-state index contributed by atoms with van der Waals surface area (Å²) in [4.78, 5) is 17.0. The lowest BCUT2D eigenvalue weighted by Gasteiger charge is -2.09. The number of methoxy groups -OCH3 is 1. The van der Waals surface area contributed by atoms with Gasteiger partial charge < -0.3 is 19.5 Å². The number of benzene rings is 3. The number of hydrogen-bond acceptors (Lipinski definition) is 6. The van der Waals surface area contributed by atoms with Crippen molar-refractivity contribution in [1.82, 2.24) is 14.8 Å². The summed E-state index contributed by atoms with van der Waals surface area (Å²) < 4.78 is 17.8. The Hall–Kier alpha value is -4.33. The molecule has 1 aliphatic rings. The van der Waals surface area contributed by atoms with E-state index in [4.69, 9.17) is 14.2 Å². The minimum Gasteiger partial charge on any atom is -0.466 e. The highest BCUT2D eigenvalue weighted by molar-refractivity contribution is 6.04. The summed E-state index contributed by atoms with van der Waals surface area (Å²) in [6.07, 6.45) is 0. The lowest BCUT2D eigenvalue weighted by Crippen LogP contribution is -2.11. The van der Waals surface area contributed by atoms with Gasteiger partial charge in [-0.05, 0) is 61.5 Å². The normalized spacial score (nSPS) is 11.9. The summed E-state index contributed by atoms with van der Waals surface area (Å²) in [6, 6.07) is 20.6. The van der Waals surface area contributed by atoms with E-state index >= 15 is 0 Å². The first-order chi connectivity index (χ1) is 15.6. The minimum absolute atomic E-state index is 0.166. The summed E-state index contributed by atoms with van der Waals surface area (Å²) in [5.41, 5.74) is 3.96. The van der Waals surface area contributed by atoms with Crippen LogP contribution in [0.3, 0.4) is 0 Å². The van der Waals surface area contributed by atoms with Crippen LogP contribution in [0.25, 0.3) is 17.1 Å². The maximum absolute atomic E-state index is 12.5. The Labute approximate surface area is 184 Å². The molecular formula is C24H20N4O4. The van der Waals surface area contributed by atoms with Crippen molar-refractivity contribution in [3.8, 4) is 34.6 Å². The first kappa shape index (κ1) is 19.6. The van der Waals surface area contributed by atoms with Gasteiger partial charge in [-0.2, -0.15) is 4.98 Å². The van der Waals surface area contributed by atoms with Crippen molar-refractivity contribution >= 4 is 11.6 Å². The number of nitrogens with one attached hydrogen (secondary N) is 1. The molecule has 32 heavy (non-hydrogen) atoms. The summed E-state index contributed by atoms with van der Waals surface area (Å²) >= 11 is 0. The van der Waals surface area contributed by atoms with E-state index in [0.717, 1.165) is 16.8 Å². The van der Waals surface area contributed by atoms with Gasteiger partial charge in [0.1, 0.15) is 0 Å². The SMILES string of the molecule is COc1nc(-c2ccc3c(c2)OCO3)n(-c2ccc(NC(=O)c3ccc(C)cc3)cc2)n1. The van der Waals surface area contributed by atoms with Gasteiger partial charge in [-0.15, -0.1) is 5.10 Å². The maximum Gasteiger partial charge on any atom is 0.336 e. The molecule has 160 valence electrons. The first-order valence-corrected chi connectivity index (χ1v) is 10.0. The Balaban J connectivity index is 1.42. The van der Waals surface area contributed by atoms with Crippen molar-refractivity contribution in [1.29, 1.82) is 0 Å². The Kier molecular flexibility index (Phi) is 4.95. The third kappa shape index (κ3) is 3.74. The van der Waals surface area contributed by atoms with E-state index in [9.17, 15) is 4.79 Å². The number of carbonyl (C=O) groups excluding carboxylic acids is 1. The summed E-state index contributed by atoms with van der Waals surface area (Å²) in [5, 5.41) is 7.35. The van der Waals surface area contributed by atoms with Gasteiger partial charge in [0.25, 0.3) is 5.91 Å². The second-order valence-electron chi connectivity index (χ2n) is 7.27. The van der Waals surface area contributed by atoms with Gasteiger partial charge in [0.15, 0.2) is 17.3 Å². The summed E-state index contributed by atoms with van der Waals surface area (Å²) in [7, 11) is 1.52. The Morgan fingerprint density at radius 1 is 1.00 bits per heavy atom. The number of anilines is 1. The zero-order valence-corrected chi connectivity index (χ0v) is 17.5. The number of hydrogen-bond donors (Lipinski definition) is 1. The predicted molar refractivity (Wildman–Crippen MR) is 119 cm³/mol. The zero-order valence-electron chi connectivity index (χ0n) is 17.5. The van der Waals surface area contributed by atoms with Gasteiger partial charge in [0.05, 0.1) is 12.8 Å². The fourth-order valence-electron chi connectivity index (χ4n) is 3.38. The van der Waals surface area contributed by atoms with E-state index in [2.05, 4.69) is 15.4 Å². The van der Waals surface area contributed by atoms with Crippen LogP contribution in [0.15, 0.2) is 66.7 Å². The van der Waals surface area contributed by atoms with Crippen LogP contribution in [-0.2, 0) is 0 Å². The van der Waals surface area contributed by atoms with E-state index in [1.807, 2.05) is 61.5 Å². The number of fused-ring (bicyclic) bond motifs is 1. The van der Waals surface area contributed by atoms with E-state index in [0.29, 0.717) is 28.6 Å². The van der Waals surface area contributed by atoms with Gasteiger partial charge in [0, 0.05) is 16.8 Å². The topological polar surface area (TPSA) is 87.5 Å². The fourth-order valence-corrected chi connectivity index (χ4v) is 3.38. The predicted octanol–water partition coefficient (Wildman–Crippen LogP) is 4.23. The van der Waals surface area contributed by atoms with Gasteiger partial charge in [0.2, 0.25) is 6.79 Å². The largest absolute Gasteiger partial charge is 0.466 e. The van der Waals surface area contributed by atoms with E-state index < -0.39 is 0 Å². The number of amides is 1. The van der Waals surface area contributed by atoms with Crippen molar-refractivity contribution in [3.63, 3.8) is 0 Å². The van der Waals surface area contributed by atoms with Gasteiger partial charge in [-0.25, -0.2) is 4.68 Å². The molecule has 5 rings (SSSR count). The molecule has 8 heteroatoms. The molecule has 0 spiro atoms. The number of nitrogens with zero attached hydrogens (tertiary/aromatic N) is 3. The number of aromatic nitrogens is 3. The van der Waals surface area contributed by atoms with Crippen LogP contribution in [0.2, 0.25) is 0 Å². The number of aryl methyl sites for hydroxylation is 1. The van der Waals surface area contributed by atoms with Gasteiger partial charge in [-0.1, -0.05) is 17.7 Å². The molecule has 0 radical (unpaired) electrons. The van der Waals surface area contributed by atoms with Crippen molar-refractivity contribution in [3.05, 3.63) is 77.9 Å². The standard InChI is InChI=1S/C24H20N4O4/c1-15-3-5-16(6-4-15)23(29)25-18-8-10-19(11-9-18)28-22(26-24(27-28)30-2)17-7-12-20-21(13-17)32-14-31-20/h3-13H,14H2,1-2H3,(H,25,29). The Morgan fingerprint density at radius 2 is 1.75 bits per heavy atom. The molecule has 0 aliphatic carbocycles. The average Bonchev–Trinajstić information content (AvgIpc) is 3.46. The highest BCUT2D eigenvalue weighted by Gasteiger charge is 2.19. The number of ether oxygens (including phenoxy) is 3. The van der Waals surface area contributed by atoms with Gasteiger partial charge >= 0.3 is 6.01 Å². The molecular weight excluding hydrogens is 408 g/mol. The molecule has 1 aliphatic heterocycles. The molecule has 1 aromatic heterocycles. The van der Waals surface area contributed by atoms with Crippen molar-refractivity contribution in [2.45, 2.75) is 6.92 Å². The molecule has 2 heterocycles. The van der Waals surface area contributed by atoms with Crippen molar-refractivity contribution in [2.75, 3.05) is 19.2 Å². The highest BCUT2D eigenvalue weighted by atomic mass is 16.7. The van der Waals surface area contributed by atoms with E-state index in [1.165, 1.54) is 7.11 Å². The molecule has 1 amide bonds. The van der Waals surface area contributed by atoms with Crippen LogP contribution >= 0.6 is 0 Å². The molecule has 0 unspecified atom stereocenters. The average molecular weight is 428 g/mol. The Morgan fingerprint density at radius 3 is 2.50 bits per heavy atom. The molecule has 3 aromatic carbocycles. The summed E-state index contributed by atoms with van der Waals surface area (Å²) in [6.45, 7) is 2.18. The molecule has 8 nitrogen and oxygen atoms in total. The molecule has 0 atom stereocenters. The fraction of sp³-hybridized carbons (Fsp3) is 0.125. The van der Waals surface area contributed by atoms with Crippen LogP contribution in [0.1, 0.15) is 15.9 Å². The highest BCUT2D eigenvalue weighted by Crippen LogP contribution is 2.36. The lowest BCUT2D eigenvalue weighted by atomic mass is 10.1. The van der Waals surface area contributed by atoms with Gasteiger partial charge in [-0.3, -0.25) is 4.79 Å². The third-order valence-corrected chi connectivity index (χ3v) is 5.08. The first-order valence-electron chi connectivity index (χ1n) is 10.0. The second-order valence-corrected chi connectivity index (χ2v) is 7.27. The number of carbonyl (C=O) groups is 1. The van der Waals surface area contributed by atoms with E-state index in [-0.39, 0.29) is 18.7 Å². The van der Waals surface area contributed by atoms with Crippen LogP contribution in [-0.4, -0.2) is 34.6 Å². The van der Waals surface area contributed by atoms with Crippen LogP contribution in [0.5, 0.6) is 17.5 Å². The van der Waals surface area contributed by atoms with Crippen LogP contribution in [0, 0.1) is 6.92 Å².